The topological polar surface area (TPSA) is 77.5 Å². The van der Waals surface area contributed by atoms with Crippen LogP contribution in [-0.2, 0) is 11.3 Å². The van der Waals surface area contributed by atoms with Crippen molar-refractivity contribution in [3.05, 3.63) is 60.2 Å². The molecule has 2 aromatic heterocycles. The van der Waals surface area contributed by atoms with Crippen molar-refractivity contribution in [2.24, 2.45) is 4.99 Å². The number of halogens is 2. The summed E-state index contributed by atoms with van der Waals surface area (Å²) in [4.78, 5) is 27.5. The highest BCUT2D eigenvalue weighted by Crippen LogP contribution is 2.29. The molecular formula is C17H9Cl2N3O3S2. The minimum atomic E-state index is -0.523. The van der Waals surface area contributed by atoms with Crippen molar-refractivity contribution in [3.8, 4) is 12.3 Å². The maximum Gasteiger partial charge on any atom is 0.324 e. The second-order valence-electron chi connectivity index (χ2n) is 5.13. The van der Waals surface area contributed by atoms with E-state index >= 15 is 0 Å². The molecule has 0 spiro atoms. The SMILES string of the molecule is C#CCn1c(=NC(=O)/C=C/c2ccc([N+](=O)[O-])s2)sc2cc(Cl)cc(Cl)c21. The quantitative estimate of drug-likeness (QED) is 0.255. The van der Waals surface area contributed by atoms with E-state index in [0.717, 1.165) is 16.0 Å². The van der Waals surface area contributed by atoms with Gasteiger partial charge in [0.05, 0.1) is 26.7 Å². The van der Waals surface area contributed by atoms with Gasteiger partial charge in [-0.15, -0.1) is 6.42 Å². The van der Waals surface area contributed by atoms with Crippen molar-refractivity contribution in [3.63, 3.8) is 0 Å². The van der Waals surface area contributed by atoms with Gasteiger partial charge < -0.3 is 4.57 Å². The average molecular weight is 438 g/mol. The fourth-order valence-corrected chi connectivity index (χ4v) is 4.81. The van der Waals surface area contributed by atoms with Crippen LogP contribution in [0, 0.1) is 22.5 Å². The van der Waals surface area contributed by atoms with E-state index in [1.807, 2.05) is 0 Å². The number of terminal acetylenes is 1. The Balaban J connectivity index is 1.99. The molecule has 0 radical (unpaired) electrons. The number of hydrogen-bond donors (Lipinski definition) is 0. The number of thiophene rings is 1. The van der Waals surface area contributed by atoms with Gasteiger partial charge in [-0.05, 0) is 24.3 Å². The molecule has 2 heterocycles. The molecule has 6 nitrogen and oxygen atoms in total. The first-order chi connectivity index (χ1) is 12.9. The highest BCUT2D eigenvalue weighted by molar-refractivity contribution is 7.16. The van der Waals surface area contributed by atoms with Gasteiger partial charge in [-0.25, -0.2) is 0 Å². The second kappa shape index (κ2) is 8.06. The molecule has 0 bridgehead atoms. The molecule has 27 heavy (non-hydrogen) atoms. The van der Waals surface area contributed by atoms with Gasteiger partial charge >= 0.3 is 5.00 Å². The molecule has 0 aliphatic heterocycles. The monoisotopic (exact) mass is 437 g/mol. The molecule has 0 atom stereocenters. The average Bonchev–Trinajstić information content (AvgIpc) is 3.19. The van der Waals surface area contributed by atoms with Crippen LogP contribution in [0.2, 0.25) is 10.0 Å². The highest BCUT2D eigenvalue weighted by atomic mass is 35.5. The number of nitro groups is 1. The molecule has 0 unspecified atom stereocenters. The van der Waals surface area contributed by atoms with Crippen LogP contribution < -0.4 is 4.80 Å². The minimum Gasteiger partial charge on any atom is -0.303 e. The van der Waals surface area contributed by atoms with Gasteiger partial charge in [0.25, 0.3) is 5.91 Å². The molecule has 1 amide bonds. The molecule has 136 valence electrons. The Morgan fingerprint density at radius 3 is 2.81 bits per heavy atom. The van der Waals surface area contributed by atoms with Gasteiger partial charge in [0.1, 0.15) is 0 Å². The number of thiazole rings is 1. The number of hydrogen-bond acceptors (Lipinski definition) is 5. The van der Waals surface area contributed by atoms with Crippen LogP contribution >= 0.6 is 45.9 Å². The molecule has 1 aromatic carbocycles. The fourth-order valence-electron chi connectivity index (χ4n) is 2.27. The zero-order valence-electron chi connectivity index (χ0n) is 13.4. The van der Waals surface area contributed by atoms with Gasteiger partial charge in [-0.2, -0.15) is 4.99 Å². The number of fused-ring (bicyclic) bond motifs is 1. The number of carbonyl (C=O) groups excluding carboxylic acids is 1. The van der Waals surface area contributed by atoms with Crippen molar-refractivity contribution >= 4 is 73.1 Å². The smallest absolute Gasteiger partial charge is 0.303 e. The number of amides is 1. The molecule has 0 saturated carbocycles. The van der Waals surface area contributed by atoms with Crippen LogP contribution in [0.25, 0.3) is 16.3 Å². The van der Waals surface area contributed by atoms with E-state index in [2.05, 4.69) is 10.9 Å². The van der Waals surface area contributed by atoms with Gasteiger partial charge in [0.15, 0.2) is 4.80 Å². The Bertz CT molecular complexity index is 1200. The van der Waals surface area contributed by atoms with E-state index in [0.29, 0.717) is 25.2 Å². The molecule has 0 fully saturated rings. The number of rotatable bonds is 4. The van der Waals surface area contributed by atoms with Crippen LogP contribution in [0.4, 0.5) is 5.00 Å². The Kier molecular flexibility index (Phi) is 5.77. The molecule has 10 heteroatoms. The van der Waals surface area contributed by atoms with E-state index in [-0.39, 0.29) is 11.5 Å². The zero-order valence-corrected chi connectivity index (χ0v) is 16.5. The molecular weight excluding hydrogens is 429 g/mol. The zero-order chi connectivity index (χ0) is 19.6. The Hall–Kier alpha value is -2.44. The lowest BCUT2D eigenvalue weighted by atomic mass is 10.3. The number of carbonyl (C=O) groups is 1. The lowest BCUT2D eigenvalue weighted by Crippen LogP contribution is -2.16. The third-order valence-electron chi connectivity index (χ3n) is 3.33. The summed E-state index contributed by atoms with van der Waals surface area (Å²) in [6, 6.07) is 6.27. The first-order valence-electron chi connectivity index (χ1n) is 7.32. The Morgan fingerprint density at radius 2 is 2.15 bits per heavy atom. The number of nitrogens with zero attached hydrogens (tertiary/aromatic N) is 3. The summed E-state index contributed by atoms with van der Waals surface area (Å²) in [7, 11) is 0. The molecule has 3 aromatic rings. The molecule has 0 aliphatic rings. The van der Waals surface area contributed by atoms with E-state index in [1.54, 1.807) is 22.8 Å². The molecule has 0 N–H and O–H groups in total. The predicted molar refractivity (Wildman–Crippen MR) is 109 cm³/mol. The van der Waals surface area contributed by atoms with Gasteiger partial charge in [0.2, 0.25) is 0 Å². The summed E-state index contributed by atoms with van der Waals surface area (Å²) in [6.45, 7) is 0.189. The van der Waals surface area contributed by atoms with Crippen LogP contribution in [0.15, 0.2) is 35.3 Å². The van der Waals surface area contributed by atoms with Gasteiger partial charge in [-0.3, -0.25) is 14.9 Å². The highest BCUT2D eigenvalue weighted by Gasteiger charge is 2.12. The van der Waals surface area contributed by atoms with Crippen LogP contribution in [-0.4, -0.2) is 15.4 Å². The van der Waals surface area contributed by atoms with E-state index < -0.39 is 10.8 Å². The molecule has 0 aliphatic carbocycles. The van der Waals surface area contributed by atoms with Crippen molar-refractivity contribution in [2.45, 2.75) is 6.54 Å². The minimum absolute atomic E-state index is 0.00178. The van der Waals surface area contributed by atoms with Crippen molar-refractivity contribution < 1.29 is 9.72 Å². The van der Waals surface area contributed by atoms with E-state index in [1.165, 1.54) is 29.6 Å². The predicted octanol–water partition coefficient (Wildman–Crippen LogP) is 4.75. The molecule has 0 saturated heterocycles. The summed E-state index contributed by atoms with van der Waals surface area (Å²) < 4.78 is 2.42. The fraction of sp³-hybridized carbons (Fsp3) is 0.0588. The van der Waals surface area contributed by atoms with Crippen molar-refractivity contribution in [1.29, 1.82) is 0 Å². The Labute approximate surface area is 171 Å². The summed E-state index contributed by atoms with van der Waals surface area (Å²) >= 11 is 14.5. The standard InChI is InChI=1S/C17H9Cl2N3O3S2/c1-2-7-21-16-12(19)8-10(18)9-13(16)27-17(21)20-14(23)5-3-11-4-6-15(26-11)22(24)25/h1,3-6,8-9H,7H2/b5-3+,20-17?. The lowest BCUT2D eigenvalue weighted by Gasteiger charge is -2.02. The largest absolute Gasteiger partial charge is 0.324 e. The normalized spacial score (nSPS) is 12.0. The first-order valence-corrected chi connectivity index (χ1v) is 9.71. The van der Waals surface area contributed by atoms with Crippen LogP contribution in [0.5, 0.6) is 0 Å². The van der Waals surface area contributed by atoms with Crippen LogP contribution in [0.1, 0.15) is 4.88 Å². The summed E-state index contributed by atoms with van der Waals surface area (Å²) in [5.41, 5.74) is 0.661. The summed E-state index contributed by atoms with van der Waals surface area (Å²) in [5.74, 6) is 1.99. The number of aromatic nitrogens is 1. The van der Waals surface area contributed by atoms with E-state index in [9.17, 15) is 14.9 Å². The van der Waals surface area contributed by atoms with Crippen molar-refractivity contribution in [2.75, 3.05) is 0 Å². The maximum absolute atomic E-state index is 12.2. The van der Waals surface area contributed by atoms with Crippen LogP contribution in [0.3, 0.4) is 0 Å². The third-order valence-corrected chi connectivity index (χ3v) is 5.87. The maximum atomic E-state index is 12.2. The van der Waals surface area contributed by atoms with Gasteiger partial charge in [-0.1, -0.05) is 51.8 Å². The number of benzene rings is 1. The van der Waals surface area contributed by atoms with Gasteiger partial charge in [0, 0.05) is 22.0 Å². The summed E-state index contributed by atoms with van der Waals surface area (Å²) in [6.07, 6.45) is 8.15. The second-order valence-corrected chi connectivity index (χ2v) is 8.07. The third kappa shape index (κ3) is 4.28. The summed E-state index contributed by atoms with van der Waals surface area (Å²) in [5, 5.41) is 11.6. The molecule has 3 rings (SSSR count). The van der Waals surface area contributed by atoms with Crippen molar-refractivity contribution in [1.82, 2.24) is 4.57 Å². The Morgan fingerprint density at radius 1 is 1.37 bits per heavy atom. The lowest BCUT2D eigenvalue weighted by molar-refractivity contribution is -0.380. The van der Waals surface area contributed by atoms with E-state index in [4.69, 9.17) is 29.6 Å². The first kappa shape index (κ1) is 19.3.